The normalized spacial score (nSPS) is 11.4. The van der Waals surface area contributed by atoms with Gasteiger partial charge in [0.05, 0.1) is 0 Å². The fourth-order valence-corrected chi connectivity index (χ4v) is 1.38. The molecule has 0 heterocycles. The van der Waals surface area contributed by atoms with Gasteiger partial charge in [-0.1, -0.05) is 35.9 Å². The van der Waals surface area contributed by atoms with Crippen molar-refractivity contribution in [3.05, 3.63) is 47.5 Å². The van der Waals surface area contributed by atoms with E-state index in [0.717, 1.165) is 5.57 Å². The smallest absolute Gasteiger partial charge is 0.330 e. The van der Waals surface area contributed by atoms with Crippen molar-refractivity contribution in [1.82, 2.24) is 5.32 Å². The quantitative estimate of drug-likeness (QED) is 0.780. The van der Waals surface area contributed by atoms with E-state index in [1.54, 1.807) is 44.2 Å². The highest BCUT2D eigenvalue weighted by atomic mass is 16.4. The minimum atomic E-state index is -1.08. The molecule has 1 aromatic carbocycles. The first kappa shape index (κ1) is 13.0. The molecule has 1 atom stereocenters. The van der Waals surface area contributed by atoms with Gasteiger partial charge in [0, 0.05) is 6.08 Å². The van der Waals surface area contributed by atoms with Gasteiger partial charge in [-0.25, -0.2) is 4.79 Å². The fraction of sp³-hybridized carbons (Fsp3) is 0.231. The molecule has 4 nitrogen and oxygen atoms in total. The molecule has 0 spiro atoms. The molecule has 1 unspecified atom stereocenters. The van der Waals surface area contributed by atoms with Crippen LogP contribution < -0.4 is 5.32 Å². The van der Waals surface area contributed by atoms with Crippen LogP contribution in [-0.4, -0.2) is 17.0 Å². The average Bonchev–Trinajstić information content (AvgIpc) is 2.25. The molecular formula is C13H15NO3. The third-order valence-corrected chi connectivity index (χ3v) is 2.09. The van der Waals surface area contributed by atoms with E-state index in [0.29, 0.717) is 5.56 Å². The topological polar surface area (TPSA) is 66.4 Å². The second-order valence-corrected chi connectivity index (χ2v) is 3.91. The summed E-state index contributed by atoms with van der Waals surface area (Å²) in [5.74, 6) is -1.48. The highest BCUT2D eigenvalue weighted by Gasteiger charge is 2.20. The number of amides is 1. The molecule has 0 saturated carbocycles. The number of rotatable bonds is 4. The Kier molecular flexibility index (Phi) is 4.46. The van der Waals surface area contributed by atoms with Gasteiger partial charge in [0.15, 0.2) is 6.04 Å². The van der Waals surface area contributed by atoms with Crippen molar-refractivity contribution < 1.29 is 14.7 Å². The molecule has 0 bridgehead atoms. The number of aliphatic carboxylic acids is 1. The van der Waals surface area contributed by atoms with Gasteiger partial charge < -0.3 is 10.4 Å². The summed E-state index contributed by atoms with van der Waals surface area (Å²) in [6.07, 6.45) is 1.37. The SMILES string of the molecule is CC(C)=CC(=O)NC(C(=O)O)c1ccccc1. The third kappa shape index (κ3) is 4.10. The van der Waals surface area contributed by atoms with Crippen molar-refractivity contribution >= 4 is 11.9 Å². The van der Waals surface area contributed by atoms with E-state index in [1.165, 1.54) is 6.08 Å². The van der Waals surface area contributed by atoms with Gasteiger partial charge in [0.2, 0.25) is 5.91 Å². The van der Waals surface area contributed by atoms with E-state index >= 15 is 0 Å². The lowest BCUT2D eigenvalue weighted by Crippen LogP contribution is -2.32. The molecule has 17 heavy (non-hydrogen) atoms. The number of carbonyl (C=O) groups is 2. The zero-order valence-corrected chi connectivity index (χ0v) is 9.81. The Morgan fingerprint density at radius 1 is 1.24 bits per heavy atom. The Balaban J connectivity index is 2.86. The highest BCUT2D eigenvalue weighted by Crippen LogP contribution is 2.12. The average molecular weight is 233 g/mol. The molecule has 1 amide bonds. The number of carbonyl (C=O) groups excluding carboxylic acids is 1. The summed E-state index contributed by atoms with van der Waals surface area (Å²) in [4.78, 5) is 22.6. The van der Waals surface area contributed by atoms with Gasteiger partial charge in [0.1, 0.15) is 0 Å². The number of carboxylic acid groups (broad SMARTS) is 1. The summed E-state index contributed by atoms with van der Waals surface area (Å²) in [6.45, 7) is 3.55. The molecule has 90 valence electrons. The van der Waals surface area contributed by atoms with Crippen molar-refractivity contribution in [3.63, 3.8) is 0 Å². The summed E-state index contributed by atoms with van der Waals surface area (Å²) in [5, 5.41) is 11.5. The van der Waals surface area contributed by atoms with Gasteiger partial charge in [0.25, 0.3) is 0 Å². The van der Waals surface area contributed by atoms with Crippen molar-refractivity contribution in [2.24, 2.45) is 0 Å². The molecule has 0 radical (unpaired) electrons. The predicted molar refractivity (Wildman–Crippen MR) is 64.4 cm³/mol. The summed E-state index contributed by atoms with van der Waals surface area (Å²) in [6, 6.07) is 7.58. The minimum Gasteiger partial charge on any atom is -0.479 e. The van der Waals surface area contributed by atoms with Gasteiger partial charge >= 0.3 is 5.97 Å². The Hall–Kier alpha value is -2.10. The van der Waals surface area contributed by atoms with Crippen LogP contribution in [0.1, 0.15) is 25.5 Å². The van der Waals surface area contributed by atoms with E-state index < -0.39 is 17.9 Å². The van der Waals surface area contributed by atoms with E-state index in [4.69, 9.17) is 5.11 Å². The van der Waals surface area contributed by atoms with Crippen LogP contribution >= 0.6 is 0 Å². The summed E-state index contributed by atoms with van der Waals surface area (Å²) in [5.41, 5.74) is 1.37. The Labute approximate surface area is 100.0 Å². The molecule has 1 aromatic rings. The third-order valence-electron chi connectivity index (χ3n) is 2.09. The number of benzene rings is 1. The molecular weight excluding hydrogens is 218 g/mol. The maximum atomic E-state index is 11.5. The number of hydrogen-bond donors (Lipinski definition) is 2. The van der Waals surface area contributed by atoms with Crippen molar-refractivity contribution in [3.8, 4) is 0 Å². The first-order valence-corrected chi connectivity index (χ1v) is 5.24. The van der Waals surface area contributed by atoms with Gasteiger partial charge in [-0.2, -0.15) is 0 Å². The predicted octanol–water partition coefficient (Wildman–Crippen LogP) is 1.89. The molecule has 4 heteroatoms. The first-order chi connectivity index (χ1) is 8.00. The largest absolute Gasteiger partial charge is 0.479 e. The maximum Gasteiger partial charge on any atom is 0.330 e. The minimum absolute atomic E-state index is 0.402. The number of nitrogens with one attached hydrogen (secondary N) is 1. The van der Waals surface area contributed by atoms with Crippen LogP contribution in [-0.2, 0) is 9.59 Å². The fourth-order valence-electron chi connectivity index (χ4n) is 1.38. The summed E-state index contributed by atoms with van der Waals surface area (Å²) < 4.78 is 0. The van der Waals surface area contributed by atoms with Crippen LogP contribution in [0.15, 0.2) is 42.0 Å². The molecule has 0 aromatic heterocycles. The second-order valence-electron chi connectivity index (χ2n) is 3.91. The van der Waals surface area contributed by atoms with Crippen LogP contribution in [0, 0.1) is 0 Å². The van der Waals surface area contributed by atoms with Crippen molar-refractivity contribution in [1.29, 1.82) is 0 Å². The van der Waals surface area contributed by atoms with Crippen LogP contribution in [0.25, 0.3) is 0 Å². The highest BCUT2D eigenvalue weighted by molar-refractivity contribution is 5.91. The molecule has 0 aliphatic rings. The standard InChI is InChI=1S/C13H15NO3/c1-9(2)8-11(15)14-12(13(16)17)10-6-4-3-5-7-10/h3-8,12H,1-2H3,(H,14,15)(H,16,17). The Bertz CT molecular complexity index is 433. The van der Waals surface area contributed by atoms with E-state index in [1.807, 2.05) is 0 Å². The van der Waals surface area contributed by atoms with Crippen LogP contribution in [0.4, 0.5) is 0 Å². The molecule has 1 rings (SSSR count). The first-order valence-electron chi connectivity index (χ1n) is 5.24. The lowest BCUT2D eigenvalue weighted by Gasteiger charge is -2.13. The van der Waals surface area contributed by atoms with E-state index in [-0.39, 0.29) is 0 Å². The van der Waals surface area contributed by atoms with E-state index in [2.05, 4.69) is 5.32 Å². The molecule has 0 aliphatic heterocycles. The van der Waals surface area contributed by atoms with Crippen LogP contribution in [0.2, 0.25) is 0 Å². The zero-order valence-electron chi connectivity index (χ0n) is 9.81. The lowest BCUT2D eigenvalue weighted by molar-refractivity contribution is -0.141. The van der Waals surface area contributed by atoms with Gasteiger partial charge in [-0.3, -0.25) is 4.79 Å². The summed E-state index contributed by atoms with van der Waals surface area (Å²) >= 11 is 0. The lowest BCUT2D eigenvalue weighted by atomic mass is 10.1. The van der Waals surface area contributed by atoms with Gasteiger partial charge in [-0.15, -0.1) is 0 Å². The Morgan fingerprint density at radius 2 is 1.82 bits per heavy atom. The number of hydrogen-bond acceptors (Lipinski definition) is 2. The van der Waals surface area contributed by atoms with Crippen molar-refractivity contribution in [2.75, 3.05) is 0 Å². The van der Waals surface area contributed by atoms with Crippen molar-refractivity contribution in [2.45, 2.75) is 19.9 Å². The monoisotopic (exact) mass is 233 g/mol. The molecule has 0 saturated heterocycles. The van der Waals surface area contributed by atoms with Crippen LogP contribution in [0.3, 0.4) is 0 Å². The zero-order chi connectivity index (χ0) is 12.8. The van der Waals surface area contributed by atoms with Crippen LogP contribution in [0.5, 0.6) is 0 Å². The molecule has 2 N–H and O–H groups in total. The molecule has 0 aliphatic carbocycles. The number of carboxylic acids is 1. The van der Waals surface area contributed by atoms with Gasteiger partial charge in [-0.05, 0) is 19.4 Å². The second kappa shape index (κ2) is 5.84. The Morgan fingerprint density at radius 3 is 2.29 bits per heavy atom. The summed E-state index contributed by atoms with van der Waals surface area (Å²) in [7, 11) is 0. The molecule has 0 fully saturated rings. The number of allylic oxidation sites excluding steroid dienone is 1. The maximum absolute atomic E-state index is 11.5. The van der Waals surface area contributed by atoms with E-state index in [9.17, 15) is 9.59 Å².